The van der Waals surface area contributed by atoms with Gasteiger partial charge in [-0.25, -0.2) is 0 Å². The van der Waals surface area contributed by atoms with Crippen molar-refractivity contribution in [3.63, 3.8) is 0 Å². The van der Waals surface area contributed by atoms with Crippen molar-refractivity contribution in [2.45, 2.75) is 30.5 Å². The largest absolute Gasteiger partial charge is 0.394 e. The zero-order chi connectivity index (χ0) is 16.3. The molecule has 0 saturated heterocycles. The summed E-state index contributed by atoms with van der Waals surface area (Å²) in [5, 5.41) is 76.2. The van der Waals surface area contributed by atoms with Gasteiger partial charge in [0, 0.05) is 0 Å². The van der Waals surface area contributed by atoms with Gasteiger partial charge in [-0.2, -0.15) is 0 Å². The summed E-state index contributed by atoms with van der Waals surface area (Å²) >= 11 is 0. The number of aliphatic hydroxyl groups is 9. The van der Waals surface area contributed by atoms with Crippen LogP contribution in [0, 0.1) is 0 Å². The zero-order valence-corrected chi connectivity index (χ0v) is 10.6. The number of hydrogen-bond acceptors (Lipinski definition) is 10. The molecular formula is C10H22O10. The third-order valence-corrected chi connectivity index (χ3v) is 2.20. The lowest BCUT2D eigenvalue weighted by Gasteiger charge is -2.19. The molecule has 9 N–H and O–H groups in total. The number of aliphatic hydroxyl groups excluding tert-OH is 9. The van der Waals surface area contributed by atoms with Crippen LogP contribution in [0.15, 0.2) is 0 Å². The van der Waals surface area contributed by atoms with E-state index in [2.05, 4.69) is 0 Å². The van der Waals surface area contributed by atoms with Gasteiger partial charge in [-0.15, -0.1) is 0 Å². The number of ketones is 1. The highest BCUT2D eigenvalue weighted by molar-refractivity contribution is 5.84. The second-order valence-electron chi connectivity index (χ2n) is 3.81. The second kappa shape index (κ2) is 12.1. The number of rotatable bonds is 8. The van der Waals surface area contributed by atoms with Gasteiger partial charge in [0.1, 0.15) is 37.1 Å². The smallest absolute Gasteiger partial charge is 0.189 e. The van der Waals surface area contributed by atoms with E-state index in [9.17, 15) is 4.79 Å². The molecule has 0 aliphatic rings. The fourth-order valence-electron chi connectivity index (χ4n) is 0.880. The molecule has 0 aromatic rings. The van der Waals surface area contributed by atoms with Gasteiger partial charge in [-0.1, -0.05) is 0 Å². The molecule has 10 heteroatoms. The Morgan fingerprint density at radius 2 is 1.05 bits per heavy atom. The third-order valence-electron chi connectivity index (χ3n) is 2.20. The lowest BCUT2D eigenvalue weighted by molar-refractivity contribution is -0.137. The summed E-state index contributed by atoms with van der Waals surface area (Å²) in [6, 6.07) is 0. The fourth-order valence-corrected chi connectivity index (χ4v) is 0.880. The average molecular weight is 302 g/mol. The zero-order valence-electron chi connectivity index (χ0n) is 10.6. The minimum Gasteiger partial charge on any atom is -0.394 e. The molecule has 4 unspecified atom stereocenters. The molecule has 0 radical (unpaired) electrons. The summed E-state index contributed by atoms with van der Waals surface area (Å²) in [5.74, 6) is -0.901. The minimum atomic E-state index is -1.69. The summed E-state index contributed by atoms with van der Waals surface area (Å²) in [5.41, 5.74) is 0. The lowest BCUT2D eigenvalue weighted by Crippen LogP contribution is -2.41. The first kappa shape index (κ1) is 21.6. The first-order valence-electron chi connectivity index (χ1n) is 5.63. The Morgan fingerprint density at radius 1 is 0.700 bits per heavy atom. The van der Waals surface area contributed by atoms with Gasteiger partial charge in [0.05, 0.1) is 19.8 Å². The van der Waals surface area contributed by atoms with E-state index in [1.807, 2.05) is 0 Å². The highest BCUT2D eigenvalue weighted by Gasteiger charge is 2.23. The van der Waals surface area contributed by atoms with Crippen LogP contribution in [0.5, 0.6) is 0 Å². The van der Waals surface area contributed by atoms with Crippen molar-refractivity contribution in [2.75, 3.05) is 26.4 Å². The van der Waals surface area contributed by atoms with E-state index in [1.165, 1.54) is 0 Å². The maximum Gasteiger partial charge on any atom is 0.189 e. The van der Waals surface area contributed by atoms with E-state index >= 15 is 0 Å². The first-order chi connectivity index (χ1) is 9.26. The Labute approximate surface area is 114 Å². The van der Waals surface area contributed by atoms with Crippen LogP contribution in [-0.4, -0.2) is 109 Å². The molecule has 0 aromatic carbocycles. The molecule has 10 nitrogen and oxygen atoms in total. The standard InChI is InChI=1S/C5H12O5.C5H10O5/c2*6-1-3(8)5(10)4(9)2-7/h3-10H,1-2H2;3,5-8,10H,1-2H2. The molecule has 0 aliphatic carbocycles. The van der Waals surface area contributed by atoms with Crippen molar-refractivity contribution in [2.24, 2.45) is 0 Å². The van der Waals surface area contributed by atoms with Gasteiger partial charge in [0.2, 0.25) is 0 Å². The Kier molecular flexibility index (Phi) is 13.1. The van der Waals surface area contributed by atoms with E-state index < -0.39 is 62.7 Å². The van der Waals surface area contributed by atoms with Crippen molar-refractivity contribution in [3.05, 3.63) is 0 Å². The van der Waals surface area contributed by atoms with Crippen molar-refractivity contribution >= 4 is 5.78 Å². The molecule has 0 rings (SSSR count). The normalized spacial score (nSPS) is 18.2. The predicted octanol–water partition coefficient (Wildman–Crippen LogP) is -5.68. The fraction of sp³-hybridized carbons (Fsp3) is 0.900. The Bertz CT molecular complexity index is 238. The van der Waals surface area contributed by atoms with Crippen LogP contribution in [-0.2, 0) is 4.79 Å². The van der Waals surface area contributed by atoms with Gasteiger partial charge >= 0.3 is 0 Å². The number of carbonyl (C=O) groups is 1. The van der Waals surface area contributed by atoms with Gasteiger partial charge < -0.3 is 46.0 Å². The van der Waals surface area contributed by atoms with E-state index in [0.29, 0.717) is 0 Å². The minimum absolute atomic E-state index is 0.641. The summed E-state index contributed by atoms with van der Waals surface area (Å²) < 4.78 is 0. The molecule has 0 saturated carbocycles. The van der Waals surface area contributed by atoms with E-state index in [1.54, 1.807) is 0 Å². The van der Waals surface area contributed by atoms with Gasteiger partial charge in [-0.3, -0.25) is 4.79 Å². The van der Waals surface area contributed by atoms with Crippen LogP contribution in [0.2, 0.25) is 0 Å². The average Bonchev–Trinajstić information content (AvgIpc) is 2.50. The molecule has 0 spiro atoms. The maximum atomic E-state index is 10.3. The van der Waals surface area contributed by atoms with Gasteiger partial charge in [0.25, 0.3) is 0 Å². The number of Topliss-reactive ketones (excluding diaryl/α,β-unsaturated/α-hetero) is 1. The summed E-state index contributed by atoms with van der Waals surface area (Å²) in [6.45, 7) is -2.82. The van der Waals surface area contributed by atoms with Crippen LogP contribution < -0.4 is 0 Å². The van der Waals surface area contributed by atoms with Crippen molar-refractivity contribution < 1.29 is 50.8 Å². The van der Waals surface area contributed by atoms with Crippen molar-refractivity contribution in [3.8, 4) is 0 Å². The third kappa shape index (κ3) is 8.47. The predicted molar refractivity (Wildman–Crippen MR) is 63.4 cm³/mol. The topological polar surface area (TPSA) is 199 Å². The lowest BCUT2D eigenvalue weighted by atomic mass is 10.1. The molecule has 0 aromatic heterocycles. The summed E-state index contributed by atoms with van der Waals surface area (Å²) in [6.07, 6.45) is -7.48. The van der Waals surface area contributed by atoms with Crippen molar-refractivity contribution in [1.29, 1.82) is 0 Å². The quantitative estimate of drug-likeness (QED) is 0.208. The second-order valence-corrected chi connectivity index (χ2v) is 3.81. The number of carbonyl (C=O) groups excluding carboxylic acids is 1. The number of hydrogen-bond donors (Lipinski definition) is 9. The molecule has 122 valence electrons. The summed E-state index contributed by atoms with van der Waals surface area (Å²) in [7, 11) is 0. The molecule has 0 heterocycles. The highest BCUT2D eigenvalue weighted by Crippen LogP contribution is 1.98. The molecule has 0 amide bonds. The SMILES string of the molecule is O=C(CO)C(O)C(O)CO.OCC(O)C(O)C(O)CO. The van der Waals surface area contributed by atoms with Gasteiger partial charge in [0.15, 0.2) is 5.78 Å². The van der Waals surface area contributed by atoms with E-state index in [-0.39, 0.29) is 0 Å². The molecule has 0 bridgehead atoms. The van der Waals surface area contributed by atoms with Crippen LogP contribution in [0.3, 0.4) is 0 Å². The van der Waals surface area contributed by atoms with Crippen LogP contribution in [0.25, 0.3) is 0 Å². The van der Waals surface area contributed by atoms with Crippen LogP contribution in [0.4, 0.5) is 0 Å². The van der Waals surface area contributed by atoms with Crippen molar-refractivity contribution in [1.82, 2.24) is 0 Å². The van der Waals surface area contributed by atoms with Crippen LogP contribution >= 0.6 is 0 Å². The summed E-state index contributed by atoms with van der Waals surface area (Å²) in [4.78, 5) is 10.3. The molecule has 4 atom stereocenters. The highest BCUT2D eigenvalue weighted by atomic mass is 16.4. The monoisotopic (exact) mass is 302 g/mol. The Hall–Kier alpha value is -0.690. The Balaban J connectivity index is 0. The molecular weight excluding hydrogens is 280 g/mol. The van der Waals surface area contributed by atoms with Crippen LogP contribution in [0.1, 0.15) is 0 Å². The Morgan fingerprint density at radius 3 is 1.30 bits per heavy atom. The van der Waals surface area contributed by atoms with E-state index in [4.69, 9.17) is 46.0 Å². The maximum absolute atomic E-state index is 10.3. The molecule has 20 heavy (non-hydrogen) atoms. The first-order valence-corrected chi connectivity index (χ1v) is 5.63. The van der Waals surface area contributed by atoms with E-state index in [0.717, 1.165) is 0 Å². The van der Waals surface area contributed by atoms with Gasteiger partial charge in [-0.05, 0) is 0 Å². The molecule has 0 aliphatic heterocycles. The molecule has 0 fully saturated rings.